The van der Waals surface area contributed by atoms with Gasteiger partial charge in [-0.2, -0.15) is 0 Å². The van der Waals surface area contributed by atoms with Crippen LogP contribution in [-0.4, -0.2) is 12.1 Å². The molecule has 1 aromatic carbocycles. The minimum Gasteiger partial charge on any atom is -0.311 e. The zero-order valence-electron chi connectivity index (χ0n) is 11.8. The Morgan fingerprint density at radius 3 is 2.84 bits per heavy atom. The van der Waals surface area contributed by atoms with E-state index in [1.165, 1.54) is 49.4 Å². The van der Waals surface area contributed by atoms with Crippen molar-refractivity contribution in [2.45, 2.75) is 64.0 Å². The first-order valence-electron chi connectivity index (χ1n) is 7.74. The molecular weight excluding hydrogens is 298 g/mol. The number of hydrogen-bond donors (Lipinski definition) is 1. The van der Waals surface area contributed by atoms with Gasteiger partial charge in [-0.05, 0) is 61.3 Å². The quantitative estimate of drug-likeness (QED) is 0.847. The normalized spacial score (nSPS) is 30.9. The van der Waals surface area contributed by atoms with E-state index in [0.29, 0.717) is 6.04 Å². The minimum atomic E-state index is 0.698. The van der Waals surface area contributed by atoms with Gasteiger partial charge in [0.15, 0.2) is 0 Å². The number of halogens is 1. The van der Waals surface area contributed by atoms with Crippen LogP contribution in [-0.2, 0) is 12.8 Å². The molecule has 2 aliphatic rings. The van der Waals surface area contributed by atoms with E-state index in [4.69, 9.17) is 0 Å². The molecule has 0 bridgehead atoms. The summed E-state index contributed by atoms with van der Waals surface area (Å²) in [7, 11) is 0. The molecule has 0 spiro atoms. The van der Waals surface area contributed by atoms with Crippen molar-refractivity contribution in [2.24, 2.45) is 5.92 Å². The molecule has 3 atom stereocenters. The molecule has 1 nitrogen and oxygen atoms in total. The van der Waals surface area contributed by atoms with Gasteiger partial charge in [-0.1, -0.05) is 41.8 Å². The number of fused-ring (bicyclic) bond motifs is 1. The van der Waals surface area contributed by atoms with Crippen LogP contribution in [0.4, 0.5) is 0 Å². The van der Waals surface area contributed by atoms with Crippen LogP contribution in [0.3, 0.4) is 0 Å². The van der Waals surface area contributed by atoms with E-state index in [1.807, 2.05) is 0 Å². The summed E-state index contributed by atoms with van der Waals surface area (Å²) in [6.07, 6.45) is 9.35. The third kappa shape index (κ3) is 3.41. The maximum atomic E-state index is 3.93. The Balaban J connectivity index is 1.61. The Morgan fingerprint density at radius 1 is 1.11 bits per heavy atom. The molecule has 0 radical (unpaired) electrons. The molecule has 0 saturated heterocycles. The summed E-state index contributed by atoms with van der Waals surface area (Å²) in [4.78, 5) is 0. The summed E-state index contributed by atoms with van der Waals surface area (Å²) >= 11 is 3.58. The van der Waals surface area contributed by atoms with Gasteiger partial charge in [0.05, 0.1) is 0 Å². The first kappa shape index (κ1) is 13.6. The van der Waals surface area contributed by atoms with Crippen molar-refractivity contribution in [1.29, 1.82) is 0 Å². The highest BCUT2D eigenvalue weighted by Crippen LogP contribution is 2.28. The number of benzene rings is 1. The Morgan fingerprint density at radius 2 is 2.00 bits per heavy atom. The fraction of sp³-hybridized carbons (Fsp3) is 0.647. The molecule has 104 valence electrons. The summed E-state index contributed by atoms with van der Waals surface area (Å²) in [5, 5.41) is 3.93. The second-order valence-electron chi connectivity index (χ2n) is 6.49. The van der Waals surface area contributed by atoms with E-state index < -0.39 is 0 Å². The average Bonchev–Trinajstić information content (AvgIpc) is 2.39. The van der Waals surface area contributed by atoms with Crippen LogP contribution < -0.4 is 5.32 Å². The highest BCUT2D eigenvalue weighted by Gasteiger charge is 2.24. The Hall–Kier alpha value is -0.340. The minimum absolute atomic E-state index is 0.698. The Bertz CT molecular complexity index is 443. The van der Waals surface area contributed by atoms with Gasteiger partial charge in [-0.3, -0.25) is 0 Å². The highest BCUT2D eigenvalue weighted by molar-refractivity contribution is 9.10. The van der Waals surface area contributed by atoms with Crippen molar-refractivity contribution in [3.8, 4) is 0 Å². The SMILES string of the molecule is CC1CCCC(NC2CCc3cc(Br)ccc3C2)C1. The van der Waals surface area contributed by atoms with E-state index in [-0.39, 0.29) is 0 Å². The largest absolute Gasteiger partial charge is 0.311 e. The molecule has 0 amide bonds. The number of hydrogen-bond acceptors (Lipinski definition) is 1. The van der Waals surface area contributed by atoms with Crippen LogP contribution in [0.15, 0.2) is 22.7 Å². The lowest BCUT2D eigenvalue weighted by Gasteiger charge is -2.33. The highest BCUT2D eigenvalue weighted by atomic mass is 79.9. The fourth-order valence-electron chi connectivity index (χ4n) is 3.78. The third-order valence-electron chi connectivity index (χ3n) is 4.80. The summed E-state index contributed by atoms with van der Waals surface area (Å²) < 4.78 is 1.22. The average molecular weight is 322 g/mol. The maximum absolute atomic E-state index is 3.93. The first-order valence-corrected chi connectivity index (χ1v) is 8.53. The van der Waals surface area contributed by atoms with Crippen molar-refractivity contribution < 1.29 is 0 Å². The van der Waals surface area contributed by atoms with Crippen LogP contribution in [0.5, 0.6) is 0 Å². The van der Waals surface area contributed by atoms with Gasteiger partial charge in [0.1, 0.15) is 0 Å². The molecule has 2 heteroatoms. The van der Waals surface area contributed by atoms with Crippen molar-refractivity contribution >= 4 is 15.9 Å². The van der Waals surface area contributed by atoms with Gasteiger partial charge in [0.25, 0.3) is 0 Å². The lowest BCUT2D eigenvalue weighted by atomic mass is 9.84. The van der Waals surface area contributed by atoms with Crippen LogP contribution >= 0.6 is 15.9 Å². The van der Waals surface area contributed by atoms with E-state index >= 15 is 0 Å². The third-order valence-corrected chi connectivity index (χ3v) is 5.30. The molecule has 1 saturated carbocycles. The predicted octanol–water partition coefficient (Wildman–Crippen LogP) is 4.47. The molecule has 0 heterocycles. The molecule has 1 N–H and O–H groups in total. The number of aryl methyl sites for hydroxylation is 1. The molecule has 0 aliphatic heterocycles. The molecule has 0 aromatic heterocycles. The Labute approximate surface area is 125 Å². The lowest BCUT2D eigenvalue weighted by Crippen LogP contribution is -2.43. The van der Waals surface area contributed by atoms with Crippen LogP contribution in [0, 0.1) is 5.92 Å². The van der Waals surface area contributed by atoms with Gasteiger partial charge >= 0.3 is 0 Å². The zero-order valence-corrected chi connectivity index (χ0v) is 13.4. The molecular formula is C17H24BrN. The van der Waals surface area contributed by atoms with Crippen LogP contribution in [0.1, 0.15) is 50.2 Å². The topological polar surface area (TPSA) is 12.0 Å². The van der Waals surface area contributed by atoms with E-state index in [0.717, 1.165) is 12.0 Å². The predicted molar refractivity (Wildman–Crippen MR) is 84.5 cm³/mol. The summed E-state index contributed by atoms with van der Waals surface area (Å²) in [6.45, 7) is 2.40. The second-order valence-corrected chi connectivity index (χ2v) is 7.40. The van der Waals surface area contributed by atoms with Crippen LogP contribution in [0.2, 0.25) is 0 Å². The van der Waals surface area contributed by atoms with Gasteiger partial charge < -0.3 is 5.32 Å². The Kier molecular flexibility index (Phi) is 4.28. The molecule has 19 heavy (non-hydrogen) atoms. The van der Waals surface area contributed by atoms with Crippen molar-refractivity contribution in [3.05, 3.63) is 33.8 Å². The van der Waals surface area contributed by atoms with Crippen molar-refractivity contribution in [3.63, 3.8) is 0 Å². The zero-order chi connectivity index (χ0) is 13.2. The lowest BCUT2D eigenvalue weighted by molar-refractivity contribution is 0.271. The molecule has 1 fully saturated rings. The second kappa shape index (κ2) is 5.97. The molecule has 3 rings (SSSR count). The van der Waals surface area contributed by atoms with Gasteiger partial charge in [-0.25, -0.2) is 0 Å². The first-order chi connectivity index (χ1) is 9.20. The fourth-order valence-corrected chi connectivity index (χ4v) is 4.19. The number of nitrogens with one attached hydrogen (secondary N) is 1. The van der Waals surface area contributed by atoms with Gasteiger partial charge in [0.2, 0.25) is 0 Å². The van der Waals surface area contributed by atoms with E-state index in [2.05, 4.69) is 46.4 Å². The standard InChI is InChI=1S/C17H24BrN/c1-12-3-2-4-16(9-12)19-17-8-6-13-10-15(18)7-5-14(13)11-17/h5,7,10,12,16-17,19H,2-4,6,8-9,11H2,1H3. The van der Waals surface area contributed by atoms with Crippen molar-refractivity contribution in [1.82, 2.24) is 5.32 Å². The van der Waals surface area contributed by atoms with Crippen molar-refractivity contribution in [2.75, 3.05) is 0 Å². The monoisotopic (exact) mass is 321 g/mol. The van der Waals surface area contributed by atoms with E-state index in [9.17, 15) is 0 Å². The van der Waals surface area contributed by atoms with Gasteiger partial charge in [0, 0.05) is 16.6 Å². The number of rotatable bonds is 2. The summed E-state index contributed by atoms with van der Waals surface area (Å²) in [5.74, 6) is 0.915. The van der Waals surface area contributed by atoms with E-state index in [1.54, 1.807) is 11.1 Å². The maximum Gasteiger partial charge on any atom is 0.0178 e. The van der Waals surface area contributed by atoms with Crippen LogP contribution in [0.25, 0.3) is 0 Å². The van der Waals surface area contributed by atoms with Gasteiger partial charge in [-0.15, -0.1) is 0 Å². The molecule has 1 aromatic rings. The molecule has 2 aliphatic carbocycles. The summed E-state index contributed by atoms with van der Waals surface area (Å²) in [5.41, 5.74) is 3.10. The summed E-state index contributed by atoms with van der Waals surface area (Å²) in [6, 6.07) is 8.25. The molecule has 3 unspecified atom stereocenters. The smallest absolute Gasteiger partial charge is 0.0178 e.